The van der Waals surface area contributed by atoms with Gasteiger partial charge < -0.3 is 10.2 Å². The number of carbonyl (C=O) groups is 2. The van der Waals surface area contributed by atoms with Gasteiger partial charge in [-0.3, -0.25) is 9.59 Å². The molecule has 0 unspecified atom stereocenters. The van der Waals surface area contributed by atoms with E-state index in [1.165, 1.54) is 0 Å². The molecule has 4 heteroatoms. The predicted molar refractivity (Wildman–Crippen MR) is 53.7 cm³/mol. The molecule has 0 aliphatic carbocycles. The van der Waals surface area contributed by atoms with E-state index in [1.807, 2.05) is 0 Å². The van der Waals surface area contributed by atoms with Crippen LogP contribution in [-0.2, 0) is 9.59 Å². The van der Waals surface area contributed by atoms with Crippen LogP contribution in [0.3, 0.4) is 0 Å². The molecule has 1 aliphatic heterocycles. The van der Waals surface area contributed by atoms with E-state index in [0.29, 0.717) is 25.4 Å². The normalized spacial score (nSPS) is 17.1. The lowest BCUT2D eigenvalue weighted by Gasteiger charge is -2.26. The smallest absolute Gasteiger partial charge is 0.239 e. The molecular formula is C10H18N2O2. The van der Waals surface area contributed by atoms with E-state index >= 15 is 0 Å². The second kappa shape index (κ2) is 4.98. The van der Waals surface area contributed by atoms with E-state index in [2.05, 4.69) is 19.2 Å². The second-order valence-corrected chi connectivity index (χ2v) is 4.10. The second-order valence-electron chi connectivity index (χ2n) is 4.10. The largest absolute Gasteiger partial charge is 0.353 e. The maximum atomic E-state index is 11.6. The molecule has 0 aromatic heterocycles. The van der Waals surface area contributed by atoms with Crippen molar-refractivity contribution in [3.63, 3.8) is 0 Å². The van der Waals surface area contributed by atoms with Crippen molar-refractivity contribution in [1.82, 2.24) is 10.2 Å². The number of amides is 2. The van der Waals surface area contributed by atoms with Gasteiger partial charge in [0.15, 0.2) is 0 Å². The van der Waals surface area contributed by atoms with E-state index in [1.54, 1.807) is 4.90 Å². The van der Waals surface area contributed by atoms with Crippen LogP contribution in [0.25, 0.3) is 0 Å². The highest BCUT2D eigenvalue weighted by Gasteiger charge is 2.20. The summed E-state index contributed by atoms with van der Waals surface area (Å²) in [4.78, 5) is 24.2. The van der Waals surface area contributed by atoms with Crippen molar-refractivity contribution in [2.75, 3.05) is 19.6 Å². The molecule has 80 valence electrons. The predicted octanol–water partition coefficient (Wildman–Crippen LogP) is 0.381. The maximum Gasteiger partial charge on any atom is 0.239 e. The summed E-state index contributed by atoms with van der Waals surface area (Å²) in [5.41, 5.74) is 0. The van der Waals surface area contributed by atoms with Crippen molar-refractivity contribution in [1.29, 1.82) is 0 Å². The maximum absolute atomic E-state index is 11.6. The summed E-state index contributed by atoms with van der Waals surface area (Å²) in [6.45, 7) is 5.66. The van der Waals surface area contributed by atoms with Gasteiger partial charge in [0.1, 0.15) is 0 Å². The third kappa shape index (κ3) is 3.36. The van der Waals surface area contributed by atoms with Crippen molar-refractivity contribution in [2.24, 2.45) is 5.92 Å². The number of nitrogens with one attached hydrogen (secondary N) is 1. The van der Waals surface area contributed by atoms with E-state index in [4.69, 9.17) is 0 Å². The topological polar surface area (TPSA) is 49.4 Å². The Morgan fingerprint density at radius 3 is 2.86 bits per heavy atom. The zero-order valence-electron chi connectivity index (χ0n) is 8.88. The fourth-order valence-corrected chi connectivity index (χ4v) is 1.42. The number of carbonyl (C=O) groups excluding carboxylic acids is 2. The van der Waals surface area contributed by atoms with E-state index in [-0.39, 0.29) is 18.4 Å². The van der Waals surface area contributed by atoms with Crippen LogP contribution in [0.4, 0.5) is 0 Å². The molecule has 0 atom stereocenters. The standard InChI is InChI=1S/C10H18N2O2/c1-8(2)3-4-10(14)12-6-5-11-9(13)7-12/h8H,3-7H2,1-2H3,(H,11,13). The minimum absolute atomic E-state index is 0.0471. The van der Waals surface area contributed by atoms with Gasteiger partial charge in [0.05, 0.1) is 6.54 Å². The summed E-state index contributed by atoms with van der Waals surface area (Å²) in [7, 11) is 0. The van der Waals surface area contributed by atoms with Crippen molar-refractivity contribution in [2.45, 2.75) is 26.7 Å². The van der Waals surface area contributed by atoms with Crippen molar-refractivity contribution >= 4 is 11.8 Å². The molecule has 1 aliphatic rings. The van der Waals surface area contributed by atoms with E-state index in [0.717, 1.165) is 6.42 Å². The van der Waals surface area contributed by atoms with E-state index < -0.39 is 0 Å². The number of hydrogen-bond donors (Lipinski definition) is 1. The highest BCUT2D eigenvalue weighted by Crippen LogP contribution is 2.06. The molecule has 1 N–H and O–H groups in total. The summed E-state index contributed by atoms with van der Waals surface area (Å²) >= 11 is 0. The molecule has 14 heavy (non-hydrogen) atoms. The van der Waals surface area contributed by atoms with Gasteiger partial charge in [-0.1, -0.05) is 13.8 Å². The Labute approximate surface area is 84.7 Å². The summed E-state index contributed by atoms with van der Waals surface area (Å²) in [5, 5.41) is 2.70. The molecule has 0 saturated carbocycles. The Kier molecular flexibility index (Phi) is 3.92. The molecule has 1 fully saturated rings. The highest BCUT2D eigenvalue weighted by atomic mass is 16.2. The molecule has 0 radical (unpaired) electrons. The molecule has 1 heterocycles. The molecule has 2 amide bonds. The lowest BCUT2D eigenvalue weighted by Crippen LogP contribution is -2.49. The summed E-state index contributed by atoms with van der Waals surface area (Å²) < 4.78 is 0. The van der Waals surface area contributed by atoms with Crippen LogP contribution >= 0.6 is 0 Å². The first-order valence-electron chi connectivity index (χ1n) is 5.14. The number of rotatable bonds is 3. The Hall–Kier alpha value is -1.06. The average molecular weight is 198 g/mol. The average Bonchev–Trinajstić information content (AvgIpc) is 2.14. The fraction of sp³-hybridized carbons (Fsp3) is 0.800. The van der Waals surface area contributed by atoms with Gasteiger partial charge >= 0.3 is 0 Å². The van der Waals surface area contributed by atoms with Gasteiger partial charge in [0.2, 0.25) is 11.8 Å². The lowest BCUT2D eigenvalue weighted by molar-refractivity contribution is -0.138. The van der Waals surface area contributed by atoms with Gasteiger partial charge in [0.25, 0.3) is 0 Å². The van der Waals surface area contributed by atoms with Crippen LogP contribution in [0.2, 0.25) is 0 Å². The van der Waals surface area contributed by atoms with Crippen LogP contribution in [0.15, 0.2) is 0 Å². The van der Waals surface area contributed by atoms with Crippen molar-refractivity contribution in [3.8, 4) is 0 Å². The Balaban J connectivity index is 2.32. The minimum atomic E-state index is -0.0471. The summed E-state index contributed by atoms with van der Waals surface area (Å²) in [5.74, 6) is 0.597. The van der Waals surface area contributed by atoms with Crippen LogP contribution < -0.4 is 5.32 Å². The first kappa shape index (κ1) is 11.0. The van der Waals surface area contributed by atoms with Gasteiger partial charge in [-0.05, 0) is 12.3 Å². The fourth-order valence-electron chi connectivity index (χ4n) is 1.42. The van der Waals surface area contributed by atoms with Gasteiger partial charge in [0, 0.05) is 19.5 Å². The van der Waals surface area contributed by atoms with Crippen LogP contribution in [0.5, 0.6) is 0 Å². The molecule has 0 bridgehead atoms. The molecule has 1 rings (SSSR count). The number of piperazine rings is 1. The zero-order valence-corrected chi connectivity index (χ0v) is 8.88. The molecule has 0 aromatic carbocycles. The Morgan fingerprint density at radius 2 is 2.29 bits per heavy atom. The number of nitrogens with zero attached hydrogens (tertiary/aromatic N) is 1. The monoisotopic (exact) mass is 198 g/mol. The lowest BCUT2D eigenvalue weighted by atomic mass is 10.1. The van der Waals surface area contributed by atoms with Crippen LogP contribution in [0, 0.1) is 5.92 Å². The molecule has 0 spiro atoms. The SMILES string of the molecule is CC(C)CCC(=O)N1CCNC(=O)C1. The zero-order chi connectivity index (χ0) is 10.6. The van der Waals surface area contributed by atoms with Crippen LogP contribution in [0.1, 0.15) is 26.7 Å². The van der Waals surface area contributed by atoms with Crippen molar-refractivity contribution < 1.29 is 9.59 Å². The number of hydrogen-bond acceptors (Lipinski definition) is 2. The van der Waals surface area contributed by atoms with Crippen molar-refractivity contribution in [3.05, 3.63) is 0 Å². The summed E-state index contributed by atoms with van der Waals surface area (Å²) in [6, 6.07) is 0. The third-order valence-corrected chi connectivity index (χ3v) is 2.33. The molecule has 4 nitrogen and oxygen atoms in total. The molecule has 1 saturated heterocycles. The Morgan fingerprint density at radius 1 is 1.57 bits per heavy atom. The quantitative estimate of drug-likeness (QED) is 0.712. The first-order valence-corrected chi connectivity index (χ1v) is 5.14. The minimum Gasteiger partial charge on any atom is -0.353 e. The van der Waals surface area contributed by atoms with Gasteiger partial charge in [-0.2, -0.15) is 0 Å². The summed E-state index contributed by atoms with van der Waals surface area (Å²) in [6.07, 6.45) is 1.46. The third-order valence-electron chi connectivity index (χ3n) is 2.33. The van der Waals surface area contributed by atoms with Gasteiger partial charge in [-0.15, -0.1) is 0 Å². The van der Waals surface area contributed by atoms with Gasteiger partial charge in [-0.25, -0.2) is 0 Å². The highest BCUT2D eigenvalue weighted by molar-refractivity contribution is 5.85. The van der Waals surface area contributed by atoms with Crippen LogP contribution in [-0.4, -0.2) is 36.3 Å². The Bertz CT molecular complexity index is 226. The molecular weight excluding hydrogens is 180 g/mol. The first-order chi connectivity index (χ1) is 6.59. The van der Waals surface area contributed by atoms with E-state index in [9.17, 15) is 9.59 Å². The molecule has 0 aromatic rings.